The molecule has 0 saturated carbocycles. The van der Waals surface area contributed by atoms with Crippen molar-refractivity contribution in [3.05, 3.63) is 59.7 Å². The molecule has 0 spiro atoms. The molecular weight excluding hydrogens is 284 g/mol. The molecule has 23 heavy (non-hydrogen) atoms. The van der Waals surface area contributed by atoms with Gasteiger partial charge in [-0.15, -0.1) is 0 Å². The van der Waals surface area contributed by atoms with Crippen LogP contribution in [-0.2, 0) is 12.8 Å². The van der Waals surface area contributed by atoms with Crippen molar-refractivity contribution in [2.24, 2.45) is 5.41 Å². The number of hydrogen-bond acceptors (Lipinski definition) is 2. The molecule has 0 fully saturated rings. The van der Waals surface area contributed by atoms with Gasteiger partial charge in [-0.2, -0.15) is 0 Å². The molecule has 122 valence electrons. The number of aryl methyl sites for hydroxylation is 1. The van der Waals surface area contributed by atoms with Gasteiger partial charge in [-0.25, -0.2) is 0 Å². The summed E-state index contributed by atoms with van der Waals surface area (Å²) in [6.45, 7) is 8.78. The normalized spacial score (nSPS) is 19.8. The van der Waals surface area contributed by atoms with Crippen LogP contribution in [0.3, 0.4) is 0 Å². The summed E-state index contributed by atoms with van der Waals surface area (Å²) in [6, 6.07) is 16.7. The highest BCUT2D eigenvalue weighted by Gasteiger charge is 2.38. The zero-order chi connectivity index (χ0) is 16.5. The fraction of sp³-hybridized carbons (Fsp3) is 0.429. The Labute approximate surface area is 139 Å². The van der Waals surface area contributed by atoms with E-state index in [9.17, 15) is 0 Å². The van der Waals surface area contributed by atoms with Gasteiger partial charge in [0.15, 0.2) is 11.5 Å². The zero-order valence-electron chi connectivity index (χ0n) is 14.6. The highest BCUT2D eigenvalue weighted by molar-refractivity contribution is 5.49. The zero-order valence-corrected chi connectivity index (χ0v) is 14.6. The van der Waals surface area contributed by atoms with Crippen molar-refractivity contribution in [2.45, 2.75) is 52.7 Å². The smallest absolute Gasteiger partial charge is 0.249 e. The summed E-state index contributed by atoms with van der Waals surface area (Å²) in [4.78, 5) is 0. The van der Waals surface area contributed by atoms with E-state index in [4.69, 9.17) is 9.47 Å². The lowest BCUT2D eigenvalue weighted by atomic mass is 9.88. The van der Waals surface area contributed by atoms with Gasteiger partial charge in [-0.05, 0) is 35.4 Å². The molecule has 1 unspecified atom stereocenters. The van der Waals surface area contributed by atoms with Crippen LogP contribution < -0.4 is 9.47 Å². The Morgan fingerprint density at radius 1 is 0.913 bits per heavy atom. The van der Waals surface area contributed by atoms with Gasteiger partial charge in [-0.1, -0.05) is 63.2 Å². The molecule has 0 bridgehead atoms. The maximum absolute atomic E-state index is 6.27. The molecule has 0 amide bonds. The van der Waals surface area contributed by atoms with Crippen molar-refractivity contribution in [3.63, 3.8) is 0 Å². The summed E-state index contributed by atoms with van der Waals surface area (Å²) in [5.74, 6) is 1.23. The van der Waals surface area contributed by atoms with Crippen LogP contribution in [0.25, 0.3) is 0 Å². The summed E-state index contributed by atoms with van der Waals surface area (Å²) in [5, 5.41) is 0. The number of hydrogen-bond donors (Lipinski definition) is 0. The highest BCUT2D eigenvalue weighted by Crippen LogP contribution is 2.44. The second kappa shape index (κ2) is 5.92. The van der Waals surface area contributed by atoms with E-state index >= 15 is 0 Å². The van der Waals surface area contributed by atoms with E-state index in [0.717, 1.165) is 30.8 Å². The Kier molecular flexibility index (Phi) is 4.09. The molecule has 0 saturated heterocycles. The lowest BCUT2D eigenvalue weighted by Crippen LogP contribution is -2.35. The molecule has 0 aromatic heterocycles. The van der Waals surface area contributed by atoms with Crippen LogP contribution in [0.1, 0.15) is 45.2 Å². The highest BCUT2D eigenvalue weighted by atomic mass is 16.7. The largest absolute Gasteiger partial charge is 0.449 e. The summed E-state index contributed by atoms with van der Waals surface area (Å²) in [5.41, 5.74) is 2.77. The van der Waals surface area contributed by atoms with E-state index in [2.05, 4.69) is 57.2 Å². The summed E-state index contributed by atoms with van der Waals surface area (Å²) in [6.07, 6.45) is 2.76. The second-order valence-electron chi connectivity index (χ2n) is 7.81. The Morgan fingerprint density at radius 2 is 1.65 bits per heavy atom. The van der Waals surface area contributed by atoms with E-state index in [-0.39, 0.29) is 5.41 Å². The minimum absolute atomic E-state index is 0.224. The third kappa shape index (κ3) is 3.87. The molecular formula is C21H26O2. The van der Waals surface area contributed by atoms with Gasteiger partial charge in [-0.3, -0.25) is 0 Å². The molecule has 0 aliphatic carbocycles. The number of ether oxygens (including phenoxy) is 2. The number of rotatable bonds is 4. The van der Waals surface area contributed by atoms with Crippen LogP contribution in [0.5, 0.6) is 11.5 Å². The minimum atomic E-state index is -0.577. The van der Waals surface area contributed by atoms with E-state index in [1.165, 1.54) is 11.1 Å². The minimum Gasteiger partial charge on any atom is -0.449 e. The van der Waals surface area contributed by atoms with Crippen LogP contribution in [0, 0.1) is 5.41 Å². The number of fused-ring (bicyclic) bond motifs is 1. The van der Waals surface area contributed by atoms with Crippen molar-refractivity contribution in [2.75, 3.05) is 0 Å². The molecule has 2 heteroatoms. The van der Waals surface area contributed by atoms with Crippen molar-refractivity contribution < 1.29 is 9.47 Å². The maximum atomic E-state index is 6.27. The topological polar surface area (TPSA) is 18.5 Å². The SMILES string of the molecule is CC(C)(C)Cc1cccc2c1OC(C)(CCc1ccccc1)O2. The molecule has 1 atom stereocenters. The molecule has 0 radical (unpaired) electrons. The monoisotopic (exact) mass is 310 g/mol. The first-order valence-corrected chi connectivity index (χ1v) is 8.39. The van der Waals surface area contributed by atoms with Gasteiger partial charge in [0, 0.05) is 13.3 Å². The molecule has 2 aromatic carbocycles. The quantitative estimate of drug-likeness (QED) is 0.753. The van der Waals surface area contributed by atoms with Crippen LogP contribution in [0.2, 0.25) is 0 Å². The van der Waals surface area contributed by atoms with Gasteiger partial charge in [0.05, 0.1) is 0 Å². The maximum Gasteiger partial charge on any atom is 0.249 e. The average Bonchev–Trinajstić information content (AvgIpc) is 2.83. The number of benzene rings is 2. The summed E-state index contributed by atoms with van der Waals surface area (Å²) >= 11 is 0. The van der Waals surface area contributed by atoms with Crippen molar-refractivity contribution in [3.8, 4) is 11.5 Å². The Bertz CT molecular complexity index is 670. The van der Waals surface area contributed by atoms with Gasteiger partial charge < -0.3 is 9.47 Å². The Balaban J connectivity index is 1.74. The first kappa shape index (κ1) is 15.9. The van der Waals surface area contributed by atoms with Gasteiger partial charge in [0.25, 0.3) is 0 Å². The van der Waals surface area contributed by atoms with E-state index in [0.29, 0.717) is 0 Å². The summed E-state index contributed by atoms with van der Waals surface area (Å²) < 4.78 is 12.4. The van der Waals surface area contributed by atoms with E-state index in [1.54, 1.807) is 0 Å². The van der Waals surface area contributed by atoms with Gasteiger partial charge >= 0.3 is 0 Å². The summed E-state index contributed by atoms with van der Waals surface area (Å²) in [7, 11) is 0. The Morgan fingerprint density at radius 3 is 2.35 bits per heavy atom. The predicted molar refractivity (Wildman–Crippen MR) is 94.0 cm³/mol. The third-order valence-corrected chi connectivity index (χ3v) is 4.14. The van der Waals surface area contributed by atoms with Crippen molar-refractivity contribution >= 4 is 0 Å². The third-order valence-electron chi connectivity index (χ3n) is 4.14. The number of para-hydroxylation sites is 1. The van der Waals surface area contributed by atoms with Crippen molar-refractivity contribution in [1.82, 2.24) is 0 Å². The molecule has 2 aromatic rings. The van der Waals surface area contributed by atoms with Crippen LogP contribution in [0.15, 0.2) is 48.5 Å². The fourth-order valence-electron chi connectivity index (χ4n) is 3.06. The van der Waals surface area contributed by atoms with E-state index < -0.39 is 5.79 Å². The molecule has 3 rings (SSSR count). The fourth-order valence-corrected chi connectivity index (χ4v) is 3.06. The average molecular weight is 310 g/mol. The first-order valence-electron chi connectivity index (χ1n) is 8.39. The lowest BCUT2D eigenvalue weighted by Gasteiger charge is -2.24. The second-order valence-corrected chi connectivity index (χ2v) is 7.81. The molecule has 0 N–H and O–H groups in total. The Hall–Kier alpha value is -1.96. The van der Waals surface area contributed by atoms with Crippen molar-refractivity contribution in [1.29, 1.82) is 0 Å². The molecule has 1 heterocycles. The van der Waals surface area contributed by atoms with Gasteiger partial charge in [0.2, 0.25) is 5.79 Å². The molecule has 2 nitrogen and oxygen atoms in total. The first-order chi connectivity index (χ1) is 10.8. The van der Waals surface area contributed by atoms with Crippen LogP contribution >= 0.6 is 0 Å². The van der Waals surface area contributed by atoms with Crippen LogP contribution in [0.4, 0.5) is 0 Å². The standard InChI is InChI=1S/C21H26O2/c1-20(2,3)15-17-11-8-12-18-19(17)23-21(4,22-18)14-13-16-9-6-5-7-10-16/h5-12H,13-15H2,1-4H3. The lowest BCUT2D eigenvalue weighted by molar-refractivity contribution is -0.0680. The van der Waals surface area contributed by atoms with Gasteiger partial charge in [0.1, 0.15) is 0 Å². The predicted octanol–water partition coefficient (Wildman–Crippen LogP) is 5.40. The molecule has 1 aliphatic heterocycles. The van der Waals surface area contributed by atoms with Crippen LogP contribution in [-0.4, -0.2) is 5.79 Å². The molecule has 1 aliphatic rings. The van der Waals surface area contributed by atoms with E-state index in [1.807, 2.05) is 19.1 Å².